The van der Waals surface area contributed by atoms with Crippen molar-refractivity contribution in [1.82, 2.24) is 34.9 Å². The molecule has 0 unspecified atom stereocenters. The van der Waals surface area contributed by atoms with Crippen molar-refractivity contribution in [3.05, 3.63) is 64.8 Å². The molecule has 1 aliphatic rings. The Labute approximate surface area is 207 Å². The number of aromatic amines is 2. The van der Waals surface area contributed by atoms with E-state index in [1.165, 1.54) is 6.33 Å². The highest BCUT2D eigenvalue weighted by atomic mass is 35.5. The van der Waals surface area contributed by atoms with Gasteiger partial charge in [0, 0.05) is 24.2 Å². The standard InChI is InChI=1S/C14H9F3N6.C7H3ClF3N3/c15-14(16,17)9-4-20-12-11(9)13(22-6-21-12)23-8-1-7-2-18-5-10(7)19-3-8;8-5-4-3(7(9,10)11)1-12-6(4)14-2-13-5/h1-4,6H,5H2,(H2,20,21,22,23);1-2H,(H,12,13,14). The maximum absolute atomic E-state index is 13.1. The highest BCUT2D eigenvalue weighted by Crippen LogP contribution is 2.38. The van der Waals surface area contributed by atoms with Crippen LogP contribution in [0.3, 0.4) is 0 Å². The average Bonchev–Trinajstić information content (AvgIpc) is 3.57. The number of pyridine rings is 1. The Morgan fingerprint density at radius 2 is 1.43 bits per heavy atom. The normalized spacial score (nSPS) is 13.1. The number of hydrogen-bond donors (Lipinski definition) is 3. The van der Waals surface area contributed by atoms with Crippen LogP contribution in [0.4, 0.5) is 37.8 Å². The molecule has 0 fully saturated rings. The second kappa shape index (κ2) is 8.99. The molecule has 0 saturated carbocycles. The molecule has 16 heteroatoms. The van der Waals surface area contributed by atoms with Gasteiger partial charge in [0.1, 0.15) is 34.9 Å². The molecule has 0 amide bonds. The molecule has 3 N–H and O–H groups in total. The Bertz CT molecular complexity index is 1640. The van der Waals surface area contributed by atoms with Crippen LogP contribution in [-0.2, 0) is 18.9 Å². The van der Waals surface area contributed by atoms with Crippen LogP contribution in [0.2, 0.25) is 5.15 Å². The first-order chi connectivity index (χ1) is 17.5. The molecule has 0 aromatic carbocycles. The van der Waals surface area contributed by atoms with Crippen LogP contribution in [-0.4, -0.2) is 41.1 Å². The van der Waals surface area contributed by atoms with Gasteiger partial charge in [-0.1, -0.05) is 11.6 Å². The van der Waals surface area contributed by atoms with E-state index in [1.54, 1.807) is 18.5 Å². The number of aromatic nitrogens is 7. The Morgan fingerprint density at radius 1 is 0.811 bits per heavy atom. The molecule has 6 rings (SSSR count). The van der Waals surface area contributed by atoms with E-state index in [-0.39, 0.29) is 33.0 Å². The van der Waals surface area contributed by atoms with Crippen molar-refractivity contribution in [1.29, 1.82) is 0 Å². The van der Waals surface area contributed by atoms with Gasteiger partial charge in [-0.15, -0.1) is 0 Å². The van der Waals surface area contributed by atoms with Crippen LogP contribution in [0, 0.1) is 0 Å². The van der Waals surface area contributed by atoms with Gasteiger partial charge in [-0.05, 0) is 6.07 Å². The summed E-state index contributed by atoms with van der Waals surface area (Å²) in [7, 11) is 0. The molecule has 37 heavy (non-hydrogen) atoms. The van der Waals surface area contributed by atoms with Gasteiger partial charge < -0.3 is 15.3 Å². The highest BCUT2D eigenvalue weighted by Gasteiger charge is 2.36. The third-order valence-corrected chi connectivity index (χ3v) is 5.53. The molecule has 5 aromatic rings. The Hall–Kier alpha value is -4.27. The summed E-state index contributed by atoms with van der Waals surface area (Å²) in [4.78, 5) is 28.1. The van der Waals surface area contributed by atoms with Gasteiger partial charge in [0.2, 0.25) is 0 Å². The summed E-state index contributed by atoms with van der Waals surface area (Å²) >= 11 is 5.54. The minimum atomic E-state index is -4.50. The zero-order valence-electron chi connectivity index (χ0n) is 18.1. The Morgan fingerprint density at radius 3 is 2.11 bits per heavy atom. The largest absolute Gasteiger partial charge is 0.418 e. The monoisotopic (exact) mass is 539 g/mol. The van der Waals surface area contributed by atoms with Crippen molar-refractivity contribution in [2.75, 3.05) is 5.32 Å². The summed E-state index contributed by atoms with van der Waals surface area (Å²) < 4.78 is 76.5. The number of anilines is 2. The van der Waals surface area contributed by atoms with E-state index in [2.05, 4.69) is 45.2 Å². The summed E-state index contributed by atoms with van der Waals surface area (Å²) in [5.74, 6) is 0.0697. The lowest BCUT2D eigenvalue weighted by atomic mass is 10.2. The molecular weight excluding hydrogens is 528 g/mol. The number of hydrogen-bond acceptors (Lipinski definition) is 7. The van der Waals surface area contributed by atoms with E-state index in [0.29, 0.717) is 12.2 Å². The second-order valence-corrected chi connectivity index (χ2v) is 7.95. The number of aliphatic imine (C=N–C) groups is 1. The number of halogens is 7. The van der Waals surface area contributed by atoms with Crippen LogP contribution in [0.1, 0.15) is 22.4 Å². The van der Waals surface area contributed by atoms with Gasteiger partial charge in [0.25, 0.3) is 0 Å². The van der Waals surface area contributed by atoms with Crippen LogP contribution < -0.4 is 5.32 Å². The van der Waals surface area contributed by atoms with Gasteiger partial charge >= 0.3 is 12.4 Å². The third kappa shape index (κ3) is 4.76. The van der Waals surface area contributed by atoms with Crippen molar-refractivity contribution in [3.8, 4) is 0 Å². The van der Waals surface area contributed by atoms with Gasteiger partial charge in [0.05, 0.1) is 46.0 Å². The van der Waals surface area contributed by atoms with E-state index in [9.17, 15) is 26.3 Å². The highest BCUT2D eigenvalue weighted by molar-refractivity contribution is 6.34. The quantitative estimate of drug-likeness (QED) is 0.196. The van der Waals surface area contributed by atoms with Crippen LogP contribution >= 0.6 is 11.6 Å². The zero-order valence-corrected chi connectivity index (χ0v) is 18.8. The van der Waals surface area contributed by atoms with E-state index in [4.69, 9.17) is 11.6 Å². The van der Waals surface area contributed by atoms with E-state index in [0.717, 1.165) is 30.0 Å². The number of nitrogens with zero attached hydrogens (tertiary/aromatic N) is 6. The number of nitrogens with one attached hydrogen (secondary N) is 3. The number of rotatable bonds is 2. The molecule has 9 nitrogen and oxygen atoms in total. The van der Waals surface area contributed by atoms with Gasteiger partial charge in [0.15, 0.2) is 0 Å². The fourth-order valence-corrected chi connectivity index (χ4v) is 3.85. The summed E-state index contributed by atoms with van der Waals surface area (Å²) in [6.07, 6.45) is -1.72. The topological polar surface area (TPSA) is 120 Å². The Balaban J connectivity index is 0.000000171. The fraction of sp³-hybridized carbons (Fsp3) is 0.143. The van der Waals surface area contributed by atoms with Crippen molar-refractivity contribution < 1.29 is 26.3 Å². The maximum Gasteiger partial charge on any atom is 0.418 e. The van der Waals surface area contributed by atoms with Crippen molar-refractivity contribution in [2.45, 2.75) is 18.9 Å². The fourth-order valence-electron chi connectivity index (χ4n) is 3.62. The van der Waals surface area contributed by atoms with Gasteiger partial charge in [-0.2, -0.15) is 26.3 Å². The molecular formula is C21H12ClF6N9. The van der Waals surface area contributed by atoms with Crippen molar-refractivity contribution >= 4 is 51.4 Å². The number of fused-ring (bicyclic) bond motifs is 3. The predicted octanol–water partition coefficient (Wildman–Crippen LogP) is 5.68. The minimum absolute atomic E-state index is 0.0697. The summed E-state index contributed by atoms with van der Waals surface area (Å²) in [5, 5.41) is 2.38. The molecule has 0 bridgehead atoms. The van der Waals surface area contributed by atoms with Crippen molar-refractivity contribution in [3.63, 3.8) is 0 Å². The zero-order chi connectivity index (χ0) is 26.4. The summed E-state index contributed by atoms with van der Waals surface area (Å²) in [5.41, 5.74) is 0.741. The molecule has 1 aliphatic heterocycles. The van der Waals surface area contributed by atoms with Crippen LogP contribution in [0.5, 0.6) is 0 Å². The molecule has 190 valence electrons. The first kappa shape index (κ1) is 24.4. The van der Waals surface area contributed by atoms with Gasteiger partial charge in [-0.25, -0.2) is 19.9 Å². The van der Waals surface area contributed by atoms with Crippen LogP contribution in [0.15, 0.2) is 42.3 Å². The Kier molecular flexibility index (Phi) is 5.94. The van der Waals surface area contributed by atoms with Crippen molar-refractivity contribution in [2.24, 2.45) is 4.99 Å². The van der Waals surface area contributed by atoms with E-state index >= 15 is 0 Å². The molecule has 0 spiro atoms. The molecule has 0 atom stereocenters. The van der Waals surface area contributed by atoms with E-state index < -0.39 is 23.5 Å². The van der Waals surface area contributed by atoms with Crippen LogP contribution in [0.25, 0.3) is 22.1 Å². The van der Waals surface area contributed by atoms with E-state index in [1.807, 2.05) is 0 Å². The molecule has 6 heterocycles. The minimum Gasteiger partial charge on any atom is -0.345 e. The third-order valence-electron chi connectivity index (χ3n) is 5.24. The number of alkyl halides is 6. The first-order valence-electron chi connectivity index (χ1n) is 10.2. The first-order valence-corrected chi connectivity index (χ1v) is 10.6. The number of H-pyrrole nitrogens is 2. The molecule has 5 aromatic heterocycles. The predicted molar refractivity (Wildman–Crippen MR) is 122 cm³/mol. The maximum atomic E-state index is 13.1. The smallest absolute Gasteiger partial charge is 0.345 e. The average molecular weight is 540 g/mol. The second-order valence-electron chi connectivity index (χ2n) is 7.59. The lowest BCUT2D eigenvalue weighted by molar-refractivity contribution is -0.137. The summed E-state index contributed by atoms with van der Waals surface area (Å²) in [6, 6.07) is 1.77. The lowest BCUT2D eigenvalue weighted by Crippen LogP contribution is -2.06. The lowest BCUT2D eigenvalue weighted by Gasteiger charge is -2.10. The molecule has 0 aliphatic carbocycles. The van der Waals surface area contributed by atoms with Gasteiger partial charge in [-0.3, -0.25) is 9.98 Å². The SMILES string of the molecule is FC(F)(F)c1c[nH]c2ncnc(Cl)c12.FC(F)(F)c1c[nH]c2ncnc(Nc3cnc4c(c3)C=NC4)c12. The molecule has 0 radical (unpaired) electrons. The molecule has 0 saturated heterocycles. The summed E-state index contributed by atoms with van der Waals surface area (Å²) in [6.45, 7) is 0.517.